The highest BCUT2D eigenvalue weighted by Crippen LogP contribution is 2.23. The summed E-state index contributed by atoms with van der Waals surface area (Å²) in [6.45, 7) is 1.10. The normalized spacial score (nSPS) is 10.7. The minimum atomic E-state index is -4.09. The minimum absolute atomic E-state index is 0.0702. The smallest absolute Gasteiger partial charge is 0.313 e. The van der Waals surface area contributed by atoms with Gasteiger partial charge in [0.15, 0.2) is 17.3 Å². The van der Waals surface area contributed by atoms with Gasteiger partial charge in [-0.2, -0.15) is 13.7 Å². The molecule has 0 atom stereocenters. The Kier molecular flexibility index (Phi) is 5.16. The molecule has 0 saturated heterocycles. The highest BCUT2D eigenvalue weighted by Gasteiger charge is 2.18. The zero-order valence-corrected chi connectivity index (χ0v) is 13.3. The third-order valence-electron chi connectivity index (χ3n) is 2.82. The molecule has 2 aromatic carbocycles. The fraction of sp³-hybridized carbons (Fsp3) is 0.125. The maximum absolute atomic E-state index is 13.5. The van der Waals surface area contributed by atoms with Gasteiger partial charge in [-0.3, -0.25) is 4.79 Å². The molecule has 0 spiro atoms. The van der Waals surface area contributed by atoms with Gasteiger partial charge in [-0.05, 0) is 29.8 Å². The van der Waals surface area contributed by atoms with Crippen molar-refractivity contribution in [1.82, 2.24) is 0 Å². The quantitative estimate of drug-likeness (QED) is 0.468. The van der Waals surface area contributed by atoms with Crippen LogP contribution in [0.25, 0.3) is 0 Å². The number of benzene rings is 2. The molecule has 0 radical (unpaired) electrons. The third kappa shape index (κ3) is 4.54. The summed E-state index contributed by atoms with van der Waals surface area (Å²) in [6, 6.07) is 11.0. The van der Waals surface area contributed by atoms with Crippen LogP contribution in [0.1, 0.15) is 18.1 Å². The van der Waals surface area contributed by atoms with Crippen LogP contribution in [0.2, 0.25) is 0 Å². The molecule has 0 aliphatic carbocycles. The molecule has 0 heterocycles. The number of halogens is 1. The predicted octanol–water partition coefficient (Wildman–Crippen LogP) is 2.53. The lowest BCUT2D eigenvalue weighted by atomic mass is 10.2. The Labute approximate surface area is 138 Å². The first-order valence-electron chi connectivity index (χ1n) is 6.69. The predicted molar refractivity (Wildman–Crippen MR) is 82.1 cm³/mol. The summed E-state index contributed by atoms with van der Waals surface area (Å²) in [7, 11) is -4.09. The summed E-state index contributed by atoms with van der Waals surface area (Å²) < 4.78 is 47.3. The number of carbonyl (C=O) groups excluding carboxylic acids is 1. The van der Waals surface area contributed by atoms with Crippen LogP contribution in [-0.2, 0) is 20.7 Å². The van der Waals surface area contributed by atoms with E-state index in [9.17, 15) is 17.6 Å². The summed E-state index contributed by atoms with van der Waals surface area (Å²) in [5.74, 6) is -2.56. The molecule has 0 aliphatic heterocycles. The highest BCUT2D eigenvalue weighted by atomic mass is 32.2. The maximum Gasteiger partial charge on any atom is 0.313 e. The minimum Gasteiger partial charge on any atom is -0.424 e. The standard InChI is InChI=1S/C16H12FNO5S/c1-11(19)22-16-8-12(6-7-14(16)17)10-24(20,21)23-15-5-3-2-4-13(15)9-18/h2-8H,10H2,1H3. The molecule has 0 fully saturated rings. The summed E-state index contributed by atoms with van der Waals surface area (Å²) in [5, 5.41) is 8.94. The van der Waals surface area contributed by atoms with Crippen LogP contribution in [0.3, 0.4) is 0 Å². The molecule has 0 bridgehead atoms. The van der Waals surface area contributed by atoms with Crippen molar-refractivity contribution in [2.45, 2.75) is 12.7 Å². The van der Waals surface area contributed by atoms with Gasteiger partial charge in [0.25, 0.3) is 0 Å². The van der Waals surface area contributed by atoms with Gasteiger partial charge in [0.1, 0.15) is 11.8 Å². The van der Waals surface area contributed by atoms with Crippen molar-refractivity contribution in [2.75, 3.05) is 0 Å². The largest absolute Gasteiger partial charge is 0.424 e. The lowest BCUT2D eigenvalue weighted by molar-refractivity contribution is -0.132. The van der Waals surface area contributed by atoms with Gasteiger partial charge in [0.2, 0.25) is 0 Å². The van der Waals surface area contributed by atoms with Crippen LogP contribution in [-0.4, -0.2) is 14.4 Å². The third-order valence-corrected chi connectivity index (χ3v) is 3.94. The maximum atomic E-state index is 13.5. The van der Waals surface area contributed by atoms with Gasteiger partial charge in [-0.25, -0.2) is 4.39 Å². The number of para-hydroxylation sites is 1. The molecule has 0 aliphatic rings. The van der Waals surface area contributed by atoms with Crippen molar-refractivity contribution in [1.29, 1.82) is 5.26 Å². The average molecular weight is 349 g/mol. The van der Waals surface area contributed by atoms with Crippen LogP contribution in [0, 0.1) is 17.1 Å². The molecule has 2 aromatic rings. The second-order valence-electron chi connectivity index (χ2n) is 4.75. The summed E-state index contributed by atoms with van der Waals surface area (Å²) in [6.07, 6.45) is 0. The number of nitriles is 1. The van der Waals surface area contributed by atoms with E-state index in [2.05, 4.69) is 4.74 Å². The first-order chi connectivity index (χ1) is 11.3. The number of rotatable bonds is 5. The van der Waals surface area contributed by atoms with Crippen LogP contribution >= 0.6 is 0 Å². The molecule has 0 saturated carbocycles. The molecule has 8 heteroatoms. The van der Waals surface area contributed by atoms with Gasteiger partial charge in [-0.1, -0.05) is 18.2 Å². The van der Waals surface area contributed by atoms with E-state index >= 15 is 0 Å². The van der Waals surface area contributed by atoms with Crippen LogP contribution < -0.4 is 8.92 Å². The zero-order chi connectivity index (χ0) is 17.7. The van der Waals surface area contributed by atoms with Gasteiger partial charge in [0, 0.05) is 6.92 Å². The fourth-order valence-electron chi connectivity index (χ4n) is 1.87. The highest BCUT2D eigenvalue weighted by molar-refractivity contribution is 7.86. The van der Waals surface area contributed by atoms with E-state index < -0.39 is 27.7 Å². The Morgan fingerprint density at radius 2 is 1.92 bits per heavy atom. The van der Waals surface area contributed by atoms with E-state index in [1.807, 2.05) is 6.07 Å². The van der Waals surface area contributed by atoms with Crippen molar-refractivity contribution < 1.29 is 26.5 Å². The second-order valence-corrected chi connectivity index (χ2v) is 6.32. The van der Waals surface area contributed by atoms with Crippen molar-refractivity contribution in [2.24, 2.45) is 0 Å². The molecule has 0 N–H and O–H groups in total. The van der Waals surface area contributed by atoms with E-state index in [0.29, 0.717) is 0 Å². The Bertz CT molecular complexity index is 918. The van der Waals surface area contributed by atoms with Crippen LogP contribution in [0.5, 0.6) is 11.5 Å². The SMILES string of the molecule is CC(=O)Oc1cc(CS(=O)(=O)Oc2ccccc2C#N)ccc1F. The number of hydrogen-bond donors (Lipinski definition) is 0. The topological polar surface area (TPSA) is 93.5 Å². The van der Waals surface area contributed by atoms with Crippen molar-refractivity contribution in [3.63, 3.8) is 0 Å². The Hall–Kier alpha value is -2.92. The van der Waals surface area contributed by atoms with Crippen molar-refractivity contribution in [3.05, 3.63) is 59.4 Å². The summed E-state index contributed by atoms with van der Waals surface area (Å²) >= 11 is 0. The lowest BCUT2D eigenvalue weighted by Crippen LogP contribution is -2.13. The molecular formula is C16H12FNO5S. The van der Waals surface area contributed by atoms with E-state index in [-0.39, 0.29) is 22.6 Å². The van der Waals surface area contributed by atoms with Crippen molar-refractivity contribution in [3.8, 4) is 17.6 Å². The first-order valence-corrected chi connectivity index (χ1v) is 8.26. The van der Waals surface area contributed by atoms with E-state index in [1.54, 1.807) is 6.07 Å². The summed E-state index contributed by atoms with van der Waals surface area (Å²) in [4.78, 5) is 10.9. The number of hydrogen-bond acceptors (Lipinski definition) is 6. The van der Waals surface area contributed by atoms with Gasteiger partial charge < -0.3 is 8.92 Å². The Balaban J connectivity index is 2.23. The van der Waals surface area contributed by atoms with E-state index in [4.69, 9.17) is 9.44 Å². The molecule has 124 valence electrons. The molecule has 0 unspecified atom stereocenters. The molecular weight excluding hydrogens is 337 g/mol. The van der Waals surface area contributed by atoms with Crippen LogP contribution in [0.15, 0.2) is 42.5 Å². The molecule has 2 rings (SSSR count). The number of nitrogens with zero attached hydrogens (tertiary/aromatic N) is 1. The van der Waals surface area contributed by atoms with E-state index in [1.165, 1.54) is 24.3 Å². The van der Waals surface area contributed by atoms with E-state index in [0.717, 1.165) is 19.1 Å². The molecule has 0 amide bonds. The zero-order valence-electron chi connectivity index (χ0n) is 12.5. The van der Waals surface area contributed by atoms with Gasteiger partial charge in [0.05, 0.1) is 5.56 Å². The summed E-state index contributed by atoms with van der Waals surface area (Å²) in [5.41, 5.74) is 0.239. The Morgan fingerprint density at radius 3 is 2.58 bits per heavy atom. The first kappa shape index (κ1) is 17.4. The fourth-order valence-corrected chi connectivity index (χ4v) is 2.94. The monoisotopic (exact) mass is 349 g/mol. The molecule has 24 heavy (non-hydrogen) atoms. The van der Waals surface area contributed by atoms with Gasteiger partial charge >= 0.3 is 16.1 Å². The Morgan fingerprint density at radius 1 is 1.21 bits per heavy atom. The lowest BCUT2D eigenvalue weighted by Gasteiger charge is -2.09. The number of ether oxygens (including phenoxy) is 1. The molecule has 6 nitrogen and oxygen atoms in total. The molecule has 0 aromatic heterocycles. The number of carbonyl (C=O) groups is 1. The van der Waals surface area contributed by atoms with Gasteiger partial charge in [-0.15, -0.1) is 0 Å². The second kappa shape index (κ2) is 7.10. The average Bonchev–Trinajstić information content (AvgIpc) is 2.50. The van der Waals surface area contributed by atoms with Crippen LogP contribution in [0.4, 0.5) is 4.39 Å². The number of esters is 1. The van der Waals surface area contributed by atoms with Crippen molar-refractivity contribution >= 4 is 16.1 Å².